The van der Waals surface area contributed by atoms with Crippen LogP contribution in [0.5, 0.6) is 0 Å². The number of rotatable bonds is 6. The van der Waals surface area contributed by atoms with Crippen LogP contribution >= 0.6 is 23.1 Å². The molecule has 29 heavy (non-hydrogen) atoms. The van der Waals surface area contributed by atoms with E-state index in [1.807, 2.05) is 11.4 Å². The molecule has 3 heterocycles. The van der Waals surface area contributed by atoms with Gasteiger partial charge in [-0.1, -0.05) is 11.8 Å². The largest absolute Gasteiger partial charge is 0.353 e. The maximum absolute atomic E-state index is 12.4. The summed E-state index contributed by atoms with van der Waals surface area (Å²) in [5.41, 5.74) is 0.605. The molecule has 4 rings (SSSR count). The summed E-state index contributed by atoms with van der Waals surface area (Å²) in [6.45, 7) is 3.38. The quantitative estimate of drug-likeness (QED) is 0.595. The van der Waals surface area contributed by atoms with Crippen LogP contribution in [0, 0.1) is 0 Å². The highest BCUT2D eigenvalue weighted by Crippen LogP contribution is 2.28. The molecular weight excluding hydrogens is 416 g/mol. The van der Waals surface area contributed by atoms with E-state index < -0.39 is 5.76 Å². The van der Waals surface area contributed by atoms with Crippen molar-refractivity contribution in [1.82, 2.24) is 14.9 Å². The summed E-state index contributed by atoms with van der Waals surface area (Å²) in [4.78, 5) is 26.8. The highest BCUT2D eigenvalue weighted by molar-refractivity contribution is 7.99. The Balaban J connectivity index is 1.28. The zero-order chi connectivity index (χ0) is 20.2. The molecular formula is C19H19F2N5OS2. The lowest BCUT2D eigenvalue weighted by Crippen LogP contribution is -2.49. The molecule has 6 nitrogen and oxygen atoms in total. The van der Waals surface area contributed by atoms with Crippen LogP contribution < -0.4 is 10.2 Å². The van der Waals surface area contributed by atoms with Crippen molar-refractivity contribution in [2.75, 3.05) is 42.9 Å². The van der Waals surface area contributed by atoms with Gasteiger partial charge in [-0.2, -0.15) is 8.78 Å². The monoisotopic (exact) mass is 435 g/mol. The predicted octanol–water partition coefficient (Wildman–Crippen LogP) is 3.77. The number of benzene rings is 1. The number of carbonyl (C=O) groups is 1. The van der Waals surface area contributed by atoms with Gasteiger partial charge in [0.15, 0.2) is 0 Å². The number of nitrogens with one attached hydrogen (secondary N) is 1. The molecule has 0 bridgehead atoms. The maximum atomic E-state index is 12.4. The number of fused-ring (bicyclic) bond motifs is 1. The molecule has 0 radical (unpaired) electrons. The average molecular weight is 436 g/mol. The van der Waals surface area contributed by atoms with E-state index in [1.54, 1.807) is 41.9 Å². The Morgan fingerprint density at radius 1 is 1.14 bits per heavy atom. The molecule has 1 amide bonds. The molecule has 152 valence electrons. The van der Waals surface area contributed by atoms with Crippen molar-refractivity contribution in [3.63, 3.8) is 0 Å². The van der Waals surface area contributed by atoms with Gasteiger partial charge in [-0.15, -0.1) is 11.3 Å². The summed E-state index contributed by atoms with van der Waals surface area (Å²) in [5, 5.41) is 5.91. The van der Waals surface area contributed by atoms with Crippen LogP contribution in [0.15, 0.2) is 46.9 Å². The Labute approximate surface area is 174 Å². The molecule has 1 N–H and O–H groups in total. The van der Waals surface area contributed by atoms with E-state index >= 15 is 0 Å². The number of alkyl halides is 2. The van der Waals surface area contributed by atoms with Crippen LogP contribution in [-0.2, 0) is 4.79 Å². The number of nitrogens with zero attached hydrogens (tertiary/aromatic N) is 4. The first-order valence-electron chi connectivity index (χ1n) is 9.09. The molecule has 0 unspecified atom stereocenters. The Morgan fingerprint density at radius 3 is 2.62 bits per heavy atom. The highest BCUT2D eigenvalue weighted by Gasteiger charge is 2.21. The highest BCUT2D eigenvalue weighted by atomic mass is 32.2. The Bertz CT molecular complexity index is 974. The van der Waals surface area contributed by atoms with Gasteiger partial charge < -0.3 is 10.2 Å². The summed E-state index contributed by atoms with van der Waals surface area (Å²) >= 11 is 2.09. The van der Waals surface area contributed by atoms with Gasteiger partial charge in [0, 0.05) is 36.8 Å². The van der Waals surface area contributed by atoms with Crippen molar-refractivity contribution < 1.29 is 13.6 Å². The molecule has 1 aliphatic heterocycles. The Hall–Kier alpha value is -2.30. The van der Waals surface area contributed by atoms with E-state index in [-0.39, 0.29) is 5.91 Å². The third-order valence-electron chi connectivity index (χ3n) is 4.64. The van der Waals surface area contributed by atoms with Crippen LogP contribution in [0.4, 0.5) is 20.3 Å². The molecule has 0 aliphatic carbocycles. The normalized spacial score (nSPS) is 15.2. The number of hydrogen-bond acceptors (Lipinski definition) is 7. The first-order valence-corrected chi connectivity index (χ1v) is 10.8. The minimum absolute atomic E-state index is 0.116. The standard InChI is InChI=1S/C19H19F2N5OS2/c20-19(21)29-14-3-1-13(2-4-14)24-16(27)11-25-6-8-26(9-7-25)17-15-5-10-28-18(15)23-12-22-17/h1-5,10,12,19H,6-9,11H2,(H,24,27). The zero-order valence-electron chi connectivity index (χ0n) is 15.4. The SMILES string of the molecule is O=C(CN1CCN(c2ncnc3sccc23)CC1)Nc1ccc(SC(F)F)cc1. The molecule has 1 aromatic carbocycles. The van der Waals surface area contributed by atoms with Crippen molar-refractivity contribution in [2.24, 2.45) is 0 Å². The first kappa shape index (κ1) is 20.0. The molecule has 10 heteroatoms. The van der Waals surface area contributed by atoms with Gasteiger partial charge in [0.05, 0.1) is 11.9 Å². The zero-order valence-corrected chi connectivity index (χ0v) is 17.1. The van der Waals surface area contributed by atoms with E-state index in [4.69, 9.17) is 0 Å². The number of piperazine rings is 1. The number of carbonyl (C=O) groups excluding carboxylic acids is 1. The van der Waals surface area contributed by atoms with Gasteiger partial charge >= 0.3 is 0 Å². The smallest absolute Gasteiger partial charge is 0.288 e. The molecule has 3 aromatic rings. The number of aromatic nitrogens is 2. The second-order valence-electron chi connectivity index (χ2n) is 6.55. The fourth-order valence-corrected chi connectivity index (χ4v) is 4.50. The van der Waals surface area contributed by atoms with Crippen LogP contribution in [0.3, 0.4) is 0 Å². The third kappa shape index (κ3) is 5.01. The summed E-state index contributed by atoms with van der Waals surface area (Å²) in [7, 11) is 0. The van der Waals surface area contributed by atoms with E-state index in [2.05, 4.69) is 25.1 Å². The van der Waals surface area contributed by atoms with Crippen molar-refractivity contribution in [2.45, 2.75) is 10.7 Å². The van der Waals surface area contributed by atoms with Crippen molar-refractivity contribution >= 4 is 50.7 Å². The number of thiophene rings is 1. The Kier molecular flexibility index (Phi) is 6.22. The van der Waals surface area contributed by atoms with E-state index in [0.29, 0.717) is 28.9 Å². The molecule has 0 atom stereocenters. The van der Waals surface area contributed by atoms with Crippen molar-refractivity contribution in [3.05, 3.63) is 42.0 Å². The van der Waals surface area contributed by atoms with Crippen LogP contribution in [0.2, 0.25) is 0 Å². The predicted molar refractivity (Wildman–Crippen MR) is 113 cm³/mol. The fraction of sp³-hybridized carbons (Fsp3) is 0.316. The number of anilines is 2. The molecule has 2 aromatic heterocycles. The minimum Gasteiger partial charge on any atom is -0.353 e. The second-order valence-corrected chi connectivity index (χ2v) is 8.51. The van der Waals surface area contributed by atoms with Crippen LogP contribution in [0.1, 0.15) is 0 Å². The Morgan fingerprint density at radius 2 is 1.90 bits per heavy atom. The van der Waals surface area contributed by atoms with E-state index in [9.17, 15) is 13.6 Å². The van der Waals surface area contributed by atoms with Gasteiger partial charge in [0.2, 0.25) is 5.91 Å². The lowest BCUT2D eigenvalue weighted by molar-refractivity contribution is -0.117. The summed E-state index contributed by atoms with van der Waals surface area (Å²) < 4.78 is 24.7. The van der Waals surface area contributed by atoms with Crippen molar-refractivity contribution in [1.29, 1.82) is 0 Å². The third-order valence-corrected chi connectivity index (χ3v) is 6.19. The van der Waals surface area contributed by atoms with E-state index in [1.165, 1.54) is 0 Å². The maximum Gasteiger partial charge on any atom is 0.288 e. The van der Waals surface area contributed by atoms with Crippen molar-refractivity contribution in [3.8, 4) is 0 Å². The molecule has 1 fully saturated rings. The topological polar surface area (TPSA) is 61.4 Å². The van der Waals surface area contributed by atoms with Gasteiger partial charge in [-0.05, 0) is 35.7 Å². The average Bonchev–Trinajstić information content (AvgIpc) is 3.19. The number of hydrogen-bond donors (Lipinski definition) is 1. The lowest BCUT2D eigenvalue weighted by atomic mass is 10.2. The summed E-state index contributed by atoms with van der Waals surface area (Å²) in [5.74, 6) is -1.62. The number of halogens is 2. The lowest BCUT2D eigenvalue weighted by Gasteiger charge is -2.35. The fourth-order valence-electron chi connectivity index (χ4n) is 3.27. The first-order chi connectivity index (χ1) is 14.1. The number of thioether (sulfide) groups is 1. The van der Waals surface area contributed by atoms with Gasteiger partial charge in [0.1, 0.15) is 17.0 Å². The molecule has 0 spiro atoms. The molecule has 1 aliphatic rings. The second kappa shape index (κ2) is 9.02. The summed E-state index contributed by atoms with van der Waals surface area (Å²) in [6.07, 6.45) is 1.60. The van der Waals surface area contributed by atoms with Crippen LogP contribution in [0.25, 0.3) is 10.2 Å². The van der Waals surface area contributed by atoms with Gasteiger partial charge in [-0.25, -0.2) is 9.97 Å². The summed E-state index contributed by atoms with van der Waals surface area (Å²) in [6, 6.07) is 8.49. The minimum atomic E-state index is -2.45. The number of amides is 1. The van der Waals surface area contributed by atoms with Gasteiger partial charge in [-0.3, -0.25) is 9.69 Å². The molecule has 1 saturated heterocycles. The van der Waals surface area contributed by atoms with Crippen LogP contribution in [-0.4, -0.2) is 59.3 Å². The molecule has 0 saturated carbocycles. The van der Waals surface area contributed by atoms with E-state index in [0.717, 1.165) is 42.2 Å². The van der Waals surface area contributed by atoms with Gasteiger partial charge in [0.25, 0.3) is 5.76 Å².